The molecule has 1 fully saturated rings. The molecular formula is C18H20O6. The minimum atomic E-state index is -1.46. The van der Waals surface area contributed by atoms with Crippen LogP contribution in [0.5, 0.6) is 5.75 Å². The Bertz CT molecular complexity index is 660. The van der Waals surface area contributed by atoms with Crippen LogP contribution in [0.4, 0.5) is 0 Å². The molecule has 0 saturated carbocycles. The Labute approximate surface area is 139 Å². The lowest BCUT2D eigenvalue weighted by Gasteiger charge is -2.39. The number of benzene rings is 2. The zero-order valence-corrected chi connectivity index (χ0v) is 12.9. The summed E-state index contributed by atoms with van der Waals surface area (Å²) in [6.45, 7) is -0.491. The van der Waals surface area contributed by atoms with Gasteiger partial charge in [0.05, 0.1) is 6.61 Å². The zero-order valence-electron chi connectivity index (χ0n) is 12.9. The van der Waals surface area contributed by atoms with Gasteiger partial charge in [-0.15, -0.1) is 0 Å². The highest BCUT2D eigenvalue weighted by atomic mass is 16.7. The summed E-state index contributed by atoms with van der Waals surface area (Å²) in [5, 5.41) is 38.8. The van der Waals surface area contributed by atoms with Crippen molar-refractivity contribution in [1.29, 1.82) is 0 Å². The van der Waals surface area contributed by atoms with Gasteiger partial charge in [0.1, 0.15) is 30.2 Å². The number of aliphatic hydroxyl groups excluding tert-OH is 4. The molecule has 6 heteroatoms. The van der Waals surface area contributed by atoms with Gasteiger partial charge in [-0.05, 0) is 23.3 Å². The first-order chi connectivity index (χ1) is 11.6. The van der Waals surface area contributed by atoms with Crippen LogP contribution in [0.15, 0.2) is 54.6 Å². The van der Waals surface area contributed by atoms with E-state index in [-0.39, 0.29) is 0 Å². The Morgan fingerprint density at radius 2 is 1.54 bits per heavy atom. The molecule has 6 nitrogen and oxygen atoms in total. The van der Waals surface area contributed by atoms with E-state index >= 15 is 0 Å². The zero-order chi connectivity index (χ0) is 17.1. The number of ether oxygens (including phenoxy) is 2. The van der Waals surface area contributed by atoms with Crippen LogP contribution in [0.3, 0.4) is 0 Å². The average molecular weight is 332 g/mol. The fraction of sp³-hybridized carbons (Fsp3) is 0.333. The lowest BCUT2D eigenvalue weighted by Crippen LogP contribution is -2.60. The second-order valence-corrected chi connectivity index (χ2v) is 5.71. The molecule has 1 aliphatic rings. The van der Waals surface area contributed by atoms with Gasteiger partial charge in [-0.25, -0.2) is 0 Å². The number of hydrogen-bond donors (Lipinski definition) is 4. The predicted molar refractivity (Wildman–Crippen MR) is 86.3 cm³/mol. The number of rotatable bonds is 4. The molecule has 0 radical (unpaired) electrons. The highest BCUT2D eigenvalue weighted by molar-refractivity contribution is 5.64. The molecule has 1 aliphatic heterocycles. The molecular weight excluding hydrogens is 312 g/mol. The van der Waals surface area contributed by atoms with Crippen LogP contribution >= 0.6 is 0 Å². The molecule has 1 heterocycles. The van der Waals surface area contributed by atoms with Crippen molar-refractivity contribution in [3.05, 3.63) is 54.6 Å². The van der Waals surface area contributed by atoms with E-state index in [1.54, 1.807) is 12.1 Å². The lowest BCUT2D eigenvalue weighted by molar-refractivity contribution is -0.277. The van der Waals surface area contributed by atoms with E-state index in [4.69, 9.17) is 9.47 Å². The highest BCUT2D eigenvalue weighted by Crippen LogP contribution is 2.27. The van der Waals surface area contributed by atoms with Crippen molar-refractivity contribution in [1.82, 2.24) is 0 Å². The first kappa shape index (κ1) is 16.9. The van der Waals surface area contributed by atoms with Gasteiger partial charge in [0.2, 0.25) is 6.29 Å². The lowest BCUT2D eigenvalue weighted by atomic mass is 9.99. The summed E-state index contributed by atoms with van der Waals surface area (Å²) in [5.74, 6) is 0.445. The maximum atomic E-state index is 10.0. The largest absolute Gasteiger partial charge is 0.462 e. The number of aliphatic hydroxyl groups is 4. The summed E-state index contributed by atoms with van der Waals surface area (Å²) < 4.78 is 11.0. The summed E-state index contributed by atoms with van der Waals surface area (Å²) in [5.41, 5.74) is 1.94. The van der Waals surface area contributed by atoms with Crippen molar-refractivity contribution in [3.63, 3.8) is 0 Å². The standard InChI is InChI=1S/C18H20O6/c19-10-14-15(20)16(21)17(22)18(24-14)23-13-8-4-7-12(9-13)11-5-2-1-3-6-11/h1-9,14-22H,10H2/t14-,15-,16+,17-,18-/m1/s1. The minimum Gasteiger partial charge on any atom is -0.462 e. The van der Waals surface area contributed by atoms with Crippen LogP contribution in [0.2, 0.25) is 0 Å². The molecule has 2 aromatic rings. The van der Waals surface area contributed by atoms with Crippen molar-refractivity contribution in [2.45, 2.75) is 30.7 Å². The summed E-state index contributed by atoms with van der Waals surface area (Å²) in [7, 11) is 0. The average Bonchev–Trinajstić information content (AvgIpc) is 2.63. The van der Waals surface area contributed by atoms with Crippen LogP contribution in [-0.4, -0.2) is 57.7 Å². The van der Waals surface area contributed by atoms with Crippen molar-refractivity contribution in [2.75, 3.05) is 6.61 Å². The first-order valence-electron chi connectivity index (χ1n) is 7.73. The molecule has 3 rings (SSSR count). The van der Waals surface area contributed by atoms with Gasteiger partial charge in [-0.2, -0.15) is 0 Å². The van der Waals surface area contributed by atoms with Gasteiger partial charge in [0, 0.05) is 0 Å². The third kappa shape index (κ3) is 3.43. The number of hydrogen-bond acceptors (Lipinski definition) is 6. The predicted octanol–water partition coefficient (Wildman–Crippen LogP) is 0.532. The third-order valence-corrected chi connectivity index (χ3v) is 4.04. The Hall–Kier alpha value is -1.96. The van der Waals surface area contributed by atoms with Crippen molar-refractivity contribution in [3.8, 4) is 16.9 Å². The first-order valence-corrected chi connectivity index (χ1v) is 7.73. The summed E-state index contributed by atoms with van der Waals surface area (Å²) in [6.07, 6.45) is -6.47. The molecule has 0 aromatic heterocycles. The normalized spacial score (nSPS) is 30.1. The van der Waals surface area contributed by atoms with Gasteiger partial charge in [-0.3, -0.25) is 0 Å². The van der Waals surface area contributed by atoms with Gasteiger partial charge in [0.25, 0.3) is 0 Å². The molecule has 0 aliphatic carbocycles. The maximum absolute atomic E-state index is 10.0. The highest BCUT2D eigenvalue weighted by Gasteiger charge is 2.44. The van der Waals surface area contributed by atoms with Crippen LogP contribution < -0.4 is 4.74 Å². The molecule has 4 N–H and O–H groups in total. The van der Waals surface area contributed by atoms with E-state index in [2.05, 4.69) is 0 Å². The van der Waals surface area contributed by atoms with E-state index in [9.17, 15) is 20.4 Å². The molecule has 1 saturated heterocycles. The smallest absolute Gasteiger partial charge is 0.229 e. The Morgan fingerprint density at radius 1 is 0.833 bits per heavy atom. The Kier molecular flexibility index (Phi) is 5.13. The third-order valence-electron chi connectivity index (χ3n) is 4.04. The fourth-order valence-corrected chi connectivity index (χ4v) is 2.68. The summed E-state index contributed by atoms with van der Waals surface area (Å²) in [6, 6.07) is 16.9. The fourth-order valence-electron chi connectivity index (χ4n) is 2.68. The molecule has 5 atom stereocenters. The molecule has 0 amide bonds. The Morgan fingerprint density at radius 3 is 2.25 bits per heavy atom. The van der Waals surface area contributed by atoms with Gasteiger partial charge < -0.3 is 29.9 Å². The van der Waals surface area contributed by atoms with Crippen LogP contribution in [-0.2, 0) is 4.74 Å². The van der Waals surface area contributed by atoms with Gasteiger partial charge in [0.15, 0.2) is 0 Å². The van der Waals surface area contributed by atoms with Gasteiger partial charge in [-0.1, -0.05) is 42.5 Å². The van der Waals surface area contributed by atoms with E-state index in [1.807, 2.05) is 42.5 Å². The SMILES string of the molecule is OC[C@H]1O[C@@H](Oc2cccc(-c3ccccc3)c2)[C@H](O)[C@@H](O)[C@@H]1O. The van der Waals surface area contributed by atoms with Gasteiger partial charge >= 0.3 is 0 Å². The van der Waals surface area contributed by atoms with Crippen molar-refractivity contribution >= 4 is 0 Å². The summed E-state index contributed by atoms with van der Waals surface area (Å²) >= 11 is 0. The maximum Gasteiger partial charge on any atom is 0.229 e. The van der Waals surface area contributed by atoms with Crippen molar-refractivity contribution in [2.24, 2.45) is 0 Å². The van der Waals surface area contributed by atoms with E-state index in [0.29, 0.717) is 5.75 Å². The molecule has 24 heavy (non-hydrogen) atoms. The minimum absolute atomic E-state index is 0.445. The second-order valence-electron chi connectivity index (χ2n) is 5.71. The topological polar surface area (TPSA) is 99.4 Å². The monoisotopic (exact) mass is 332 g/mol. The Balaban J connectivity index is 1.78. The molecule has 0 unspecified atom stereocenters. The molecule has 0 bridgehead atoms. The van der Waals surface area contributed by atoms with E-state index in [0.717, 1.165) is 11.1 Å². The van der Waals surface area contributed by atoms with Crippen LogP contribution in [0.25, 0.3) is 11.1 Å². The molecule has 2 aromatic carbocycles. The molecule has 0 spiro atoms. The van der Waals surface area contributed by atoms with Crippen LogP contribution in [0.1, 0.15) is 0 Å². The van der Waals surface area contributed by atoms with E-state index in [1.165, 1.54) is 0 Å². The van der Waals surface area contributed by atoms with Crippen LogP contribution in [0, 0.1) is 0 Å². The van der Waals surface area contributed by atoms with Crippen molar-refractivity contribution < 1.29 is 29.9 Å². The second kappa shape index (κ2) is 7.29. The quantitative estimate of drug-likeness (QED) is 0.652. The van der Waals surface area contributed by atoms with E-state index < -0.39 is 37.3 Å². The summed E-state index contributed by atoms with van der Waals surface area (Å²) in [4.78, 5) is 0. The molecule has 128 valence electrons.